The van der Waals surface area contributed by atoms with Crippen LogP contribution in [0.15, 0.2) is 46.3 Å². The standard InChI is InChI=1S/C20H21ClN2O5S/c1-4-27-19(25)14-13(11-6-8-12(21)9-7-11)15(20(26)28-5-2)18-23(16(14)22)17(24)10(3)29-18/h6-10,13H,4-5,22H2,1-3H3/t10-,13-/m1/s1. The number of amides is 1. The van der Waals surface area contributed by atoms with Crippen molar-refractivity contribution in [2.75, 3.05) is 13.2 Å². The molecule has 1 saturated heterocycles. The lowest BCUT2D eigenvalue weighted by molar-refractivity contribution is -0.139. The summed E-state index contributed by atoms with van der Waals surface area (Å²) < 4.78 is 10.5. The van der Waals surface area contributed by atoms with Gasteiger partial charge in [0.1, 0.15) is 5.82 Å². The normalized spacial score (nSPS) is 21.4. The highest BCUT2D eigenvalue weighted by atomic mass is 35.5. The highest BCUT2D eigenvalue weighted by molar-refractivity contribution is 8.04. The Labute approximate surface area is 177 Å². The average Bonchev–Trinajstić information content (AvgIpc) is 2.97. The van der Waals surface area contributed by atoms with Crippen molar-refractivity contribution < 1.29 is 23.9 Å². The summed E-state index contributed by atoms with van der Waals surface area (Å²) in [5, 5.41) is 0.428. The molecule has 0 saturated carbocycles. The van der Waals surface area contributed by atoms with Gasteiger partial charge in [-0.1, -0.05) is 35.5 Å². The van der Waals surface area contributed by atoms with Gasteiger partial charge in [-0.2, -0.15) is 0 Å². The van der Waals surface area contributed by atoms with Crippen molar-refractivity contribution in [3.8, 4) is 0 Å². The molecule has 0 aromatic heterocycles. The average molecular weight is 437 g/mol. The molecule has 3 rings (SSSR count). The molecule has 0 unspecified atom stereocenters. The largest absolute Gasteiger partial charge is 0.463 e. The summed E-state index contributed by atoms with van der Waals surface area (Å²) in [6, 6.07) is 6.73. The monoisotopic (exact) mass is 436 g/mol. The molecular formula is C20H21ClN2O5S. The van der Waals surface area contributed by atoms with Crippen molar-refractivity contribution in [1.82, 2.24) is 4.90 Å². The number of benzene rings is 1. The summed E-state index contributed by atoms with van der Waals surface area (Å²) in [7, 11) is 0. The van der Waals surface area contributed by atoms with E-state index in [4.69, 9.17) is 26.8 Å². The Morgan fingerprint density at radius 1 is 1.10 bits per heavy atom. The quantitative estimate of drug-likeness (QED) is 0.708. The first-order valence-electron chi connectivity index (χ1n) is 9.15. The Kier molecular flexibility index (Phi) is 6.24. The number of esters is 2. The van der Waals surface area contributed by atoms with Crippen molar-refractivity contribution in [3.63, 3.8) is 0 Å². The van der Waals surface area contributed by atoms with Gasteiger partial charge in [-0.3, -0.25) is 9.69 Å². The summed E-state index contributed by atoms with van der Waals surface area (Å²) in [5.41, 5.74) is 7.13. The first kappa shape index (κ1) is 21.3. The molecule has 1 aromatic carbocycles. The summed E-state index contributed by atoms with van der Waals surface area (Å²) in [4.78, 5) is 39.8. The molecule has 2 aliphatic heterocycles. The first-order chi connectivity index (χ1) is 13.8. The van der Waals surface area contributed by atoms with E-state index in [0.29, 0.717) is 15.6 Å². The fourth-order valence-corrected chi connectivity index (χ4v) is 4.62. The van der Waals surface area contributed by atoms with E-state index >= 15 is 0 Å². The van der Waals surface area contributed by atoms with Gasteiger partial charge < -0.3 is 15.2 Å². The molecule has 0 spiro atoms. The number of fused-ring (bicyclic) bond motifs is 1. The van der Waals surface area contributed by atoms with E-state index in [2.05, 4.69) is 0 Å². The minimum atomic E-state index is -0.845. The van der Waals surface area contributed by atoms with E-state index in [1.165, 1.54) is 16.7 Å². The van der Waals surface area contributed by atoms with Crippen LogP contribution in [0.2, 0.25) is 5.02 Å². The van der Waals surface area contributed by atoms with Gasteiger partial charge in [0.05, 0.1) is 40.6 Å². The number of hydrogen-bond acceptors (Lipinski definition) is 7. The van der Waals surface area contributed by atoms with E-state index in [0.717, 1.165) is 0 Å². The molecule has 2 aliphatic rings. The molecule has 2 heterocycles. The lowest BCUT2D eigenvalue weighted by Gasteiger charge is -2.33. The molecular weight excluding hydrogens is 416 g/mol. The van der Waals surface area contributed by atoms with E-state index in [1.807, 2.05) is 0 Å². The van der Waals surface area contributed by atoms with E-state index < -0.39 is 23.1 Å². The number of nitrogens with zero attached hydrogens (tertiary/aromatic N) is 1. The second-order valence-electron chi connectivity index (χ2n) is 6.38. The fourth-order valence-electron chi connectivity index (χ4n) is 3.33. The number of nitrogens with two attached hydrogens (primary N) is 1. The number of ether oxygens (including phenoxy) is 2. The van der Waals surface area contributed by atoms with Gasteiger partial charge in [0.25, 0.3) is 0 Å². The summed E-state index contributed by atoms with van der Waals surface area (Å²) in [6.07, 6.45) is 0. The van der Waals surface area contributed by atoms with Crippen LogP contribution in [-0.2, 0) is 23.9 Å². The van der Waals surface area contributed by atoms with Crippen LogP contribution in [0, 0.1) is 0 Å². The fraction of sp³-hybridized carbons (Fsp3) is 0.350. The van der Waals surface area contributed by atoms with Gasteiger partial charge >= 0.3 is 11.9 Å². The Morgan fingerprint density at radius 3 is 2.21 bits per heavy atom. The van der Waals surface area contributed by atoms with Gasteiger partial charge in [0.2, 0.25) is 5.91 Å². The smallest absolute Gasteiger partial charge is 0.338 e. The summed E-state index contributed by atoms with van der Waals surface area (Å²) in [5.74, 6) is -2.49. The van der Waals surface area contributed by atoms with E-state index in [-0.39, 0.29) is 36.1 Å². The second kappa shape index (κ2) is 8.51. The molecule has 1 fully saturated rings. The molecule has 9 heteroatoms. The highest BCUT2D eigenvalue weighted by Crippen LogP contribution is 2.49. The van der Waals surface area contributed by atoms with Crippen LogP contribution in [0.5, 0.6) is 0 Å². The molecule has 7 nitrogen and oxygen atoms in total. The van der Waals surface area contributed by atoms with Crippen LogP contribution in [0.4, 0.5) is 0 Å². The molecule has 1 aromatic rings. The molecule has 2 N–H and O–H groups in total. The van der Waals surface area contributed by atoms with Crippen LogP contribution in [-0.4, -0.2) is 41.2 Å². The zero-order valence-corrected chi connectivity index (χ0v) is 17.8. The van der Waals surface area contributed by atoms with Crippen LogP contribution < -0.4 is 5.73 Å². The third-order valence-electron chi connectivity index (χ3n) is 4.58. The maximum absolute atomic E-state index is 13.0. The molecule has 1 amide bonds. The van der Waals surface area contributed by atoms with Gasteiger partial charge in [0, 0.05) is 5.02 Å². The van der Waals surface area contributed by atoms with Crippen LogP contribution >= 0.6 is 23.4 Å². The van der Waals surface area contributed by atoms with Gasteiger partial charge in [-0.15, -0.1) is 0 Å². The van der Waals surface area contributed by atoms with Crippen molar-refractivity contribution in [2.45, 2.75) is 31.9 Å². The predicted molar refractivity (Wildman–Crippen MR) is 110 cm³/mol. The Bertz CT molecular complexity index is 925. The Morgan fingerprint density at radius 2 is 1.66 bits per heavy atom. The molecule has 0 aliphatic carbocycles. The molecule has 0 bridgehead atoms. The molecule has 2 atom stereocenters. The maximum Gasteiger partial charge on any atom is 0.338 e. The number of carbonyl (C=O) groups is 3. The summed E-state index contributed by atoms with van der Waals surface area (Å²) >= 11 is 7.23. The number of rotatable bonds is 5. The molecule has 154 valence electrons. The Hall–Kier alpha value is -2.45. The van der Waals surface area contributed by atoms with Gasteiger partial charge in [-0.05, 0) is 38.5 Å². The minimum Gasteiger partial charge on any atom is -0.463 e. The van der Waals surface area contributed by atoms with E-state index in [1.54, 1.807) is 45.0 Å². The predicted octanol–water partition coefficient (Wildman–Crippen LogP) is 2.91. The van der Waals surface area contributed by atoms with Crippen molar-refractivity contribution in [2.24, 2.45) is 5.73 Å². The third kappa shape index (κ3) is 3.74. The number of halogens is 1. The lowest BCUT2D eigenvalue weighted by Crippen LogP contribution is -2.40. The summed E-state index contributed by atoms with van der Waals surface area (Å²) in [6.45, 7) is 5.34. The maximum atomic E-state index is 13.0. The zero-order chi connectivity index (χ0) is 21.3. The highest BCUT2D eigenvalue weighted by Gasteiger charge is 2.49. The van der Waals surface area contributed by atoms with Crippen LogP contribution in [0.3, 0.4) is 0 Å². The third-order valence-corrected chi connectivity index (χ3v) is 6.01. The van der Waals surface area contributed by atoms with Crippen molar-refractivity contribution in [3.05, 3.63) is 56.8 Å². The van der Waals surface area contributed by atoms with Crippen LogP contribution in [0.25, 0.3) is 0 Å². The van der Waals surface area contributed by atoms with Crippen LogP contribution in [0.1, 0.15) is 32.3 Å². The molecule has 0 radical (unpaired) electrons. The van der Waals surface area contributed by atoms with Gasteiger partial charge in [0.15, 0.2) is 0 Å². The van der Waals surface area contributed by atoms with Gasteiger partial charge in [-0.25, -0.2) is 9.59 Å². The first-order valence-corrected chi connectivity index (χ1v) is 10.4. The minimum absolute atomic E-state index is 0.0315. The Balaban J connectivity index is 2.28. The molecule has 29 heavy (non-hydrogen) atoms. The van der Waals surface area contributed by atoms with E-state index in [9.17, 15) is 14.4 Å². The van der Waals surface area contributed by atoms with Crippen molar-refractivity contribution in [1.29, 1.82) is 0 Å². The second-order valence-corrected chi connectivity index (χ2v) is 8.14. The topological polar surface area (TPSA) is 98.9 Å². The number of hydrogen-bond donors (Lipinski definition) is 1. The van der Waals surface area contributed by atoms with Crippen molar-refractivity contribution >= 4 is 41.2 Å². The number of carbonyl (C=O) groups excluding carboxylic acids is 3. The zero-order valence-electron chi connectivity index (χ0n) is 16.2. The lowest BCUT2D eigenvalue weighted by atomic mass is 9.82. The SMILES string of the molecule is CCOC(=O)C1=C(N)N2C(=O)[C@@H](C)SC2=C(C(=O)OCC)[C@@H]1c1ccc(Cl)cc1. The number of thioether (sulfide) groups is 1.